The maximum atomic E-state index is 6.68. The van der Waals surface area contributed by atoms with E-state index in [0.29, 0.717) is 0 Å². The number of fused-ring (bicyclic) bond motifs is 2. The lowest BCUT2D eigenvalue weighted by Crippen LogP contribution is -2.47. The lowest BCUT2D eigenvalue weighted by molar-refractivity contribution is 0.386. The Morgan fingerprint density at radius 3 is 1.41 bits per heavy atom. The van der Waals surface area contributed by atoms with Crippen LogP contribution in [0.4, 0.5) is 0 Å². The summed E-state index contributed by atoms with van der Waals surface area (Å²) in [6, 6.07) is 30.9. The van der Waals surface area contributed by atoms with Crippen molar-refractivity contribution >= 4 is 30.1 Å². The van der Waals surface area contributed by atoms with E-state index in [1.165, 1.54) is 10.8 Å². The molecule has 2 nitrogen and oxygen atoms in total. The first-order chi connectivity index (χ1) is 13.2. The first-order valence-corrected chi connectivity index (χ1v) is 11.8. The average Bonchev–Trinajstić information content (AvgIpc) is 2.74. The van der Waals surface area contributed by atoms with Crippen LogP contribution in [-0.2, 0) is 0 Å². The van der Waals surface area contributed by atoms with E-state index in [-0.39, 0.29) is 0 Å². The van der Waals surface area contributed by atoms with Gasteiger partial charge >= 0.3 is 8.56 Å². The second-order valence-corrected chi connectivity index (χ2v) is 10.4. The van der Waals surface area contributed by atoms with Crippen molar-refractivity contribution in [2.24, 2.45) is 0 Å². The number of rotatable bonds is 6. The van der Waals surface area contributed by atoms with Crippen LogP contribution < -0.4 is 8.85 Å². The minimum Gasteiger partial charge on any atom is -0.511 e. The summed E-state index contributed by atoms with van der Waals surface area (Å²) < 4.78 is 13.4. The van der Waals surface area contributed by atoms with E-state index in [1.807, 2.05) is 0 Å². The monoisotopic (exact) mass is 372 g/mol. The predicted molar refractivity (Wildman–Crippen MR) is 116 cm³/mol. The molecule has 0 radical (unpaired) electrons. The molecule has 0 amide bonds. The fraction of sp³-hybridized carbons (Fsp3) is 0.167. The second-order valence-electron chi connectivity index (χ2n) is 6.78. The maximum Gasteiger partial charge on any atom is 0.459 e. The topological polar surface area (TPSA) is 18.5 Å². The van der Waals surface area contributed by atoms with Crippen LogP contribution in [0, 0.1) is 0 Å². The highest BCUT2D eigenvalue weighted by Crippen LogP contribution is 2.33. The van der Waals surface area contributed by atoms with Crippen LogP contribution in [-0.4, -0.2) is 8.56 Å². The SMILES string of the molecule is CC[Si](CC)(Oc1cccc2ccccc12)Oc1cccc2ccccc12. The molecule has 0 saturated carbocycles. The molecule has 0 aromatic heterocycles. The number of hydrogen-bond acceptors (Lipinski definition) is 2. The van der Waals surface area contributed by atoms with Crippen LogP contribution in [0.5, 0.6) is 11.5 Å². The molecule has 4 aromatic carbocycles. The fourth-order valence-electron chi connectivity index (χ4n) is 3.53. The molecule has 3 heteroatoms. The minimum absolute atomic E-state index is 0.885. The molecule has 0 bridgehead atoms. The third-order valence-corrected chi connectivity index (χ3v) is 8.51. The van der Waals surface area contributed by atoms with Gasteiger partial charge in [-0.1, -0.05) is 86.6 Å². The highest BCUT2D eigenvalue weighted by Gasteiger charge is 2.39. The van der Waals surface area contributed by atoms with E-state index in [2.05, 4.69) is 98.8 Å². The molecule has 136 valence electrons. The Kier molecular flexibility index (Phi) is 4.86. The molecular weight excluding hydrogens is 348 g/mol. The number of benzene rings is 4. The summed E-state index contributed by atoms with van der Waals surface area (Å²) in [5.41, 5.74) is 0. The molecule has 0 saturated heterocycles. The standard InChI is InChI=1S/C24H24O2Si/c1-3-27(4-2,25-23-17-9-13-19-11-5-7-15-21(19)23)26-24-18-10-14-20-12-6-8-16-22(20)24/h5-18H,3-4H2,1-2H3. The quantitative estimate of drug-likeness (QED) is 0.342. The summed E-state index contributed by atoms with van der Waals surface area (Å²) in [6.07, 6.45) is 0. The molecule has 0 atom stereocenters. The van der Waals surface area contributed by atoms with Crippen molar-refractivity contribution in [1.82, 2.24) is 0 Å². The van der Waals surface area contributed by atoms with Crippen LogP contribution in [0.15, 0.2) is 84.9 Å². The van der Waals surface area contributed by atoms with E-state index in [4.69, 9.17) is 8.85 Å². The van der Waals surface area contributed by atoms with Gasteiger partial charge in [-0.25, -0.2) is 0 Å². The Bertz CT molecular complexity index is 976. The molecule has 0 N–H and O–H groups in total. The van der Waals surface area contributed by atoms with Crippen molar-refractivity contribution in [2.45, 2.75) is 25.9 Å². The normalized spacial score (nSPS) is 11.6. The molecule has 0 heterocycles. The molecule has 4 rings (SSSR count). The minimum atomic E-state index is -2.46. The first-order valence-electron chi connectivity index (χ1n) is 9.58. The molecule has 0 fully saturated rings. The van der Waals surface area contributed by atoms with Crippen molar-refractivity contribution in [3.8, 4) is 11.5 Å². The van der Waals surface area contributed by atoms with Gasteiger partial charge in [0.2, 0.25) is 0 Å². The largest absolute Gasteiger partial charge is 0.511 e. The fourth-order valence-corrected chi connectivity index (χ4v) is 5.81. The highest BCUT2D eigenvalue weighted by molar-refractivity contribution is 6.69. The molecule has 0 aliphatic carbocycles. The average molecular weight is 373 g/mol. The van der Waals surface area contributed by atoms with Gasteiger partial charge in [-0.15, -0.1) is 0 Å². The Hall–Kier alpha value is -2.78. The van der Waals surface area contributed by atoms with Crippen LogP contribution in [0.2, 0.25) is 12.1 Å². The maximum absolute atomic E-state index is 6.68. The van der Waals surface area contributed by atoms with Crippen LogP contribution in [0.25, 0.3) is 21.5 Å². The molecule has 0 unspecified atom stereocenters. The highest BCUT2D eigenvalue weighted by atomic mass is 28.4. The van der Waals surface area contributed by atoms with Gasteiger partial charge in [0.15, 0.2) is 0 Å². The van der Waals surface area contributed by atoms with Crippen molar-refractivity contribution in [2.75, 3.05) is 0 Å². The summed E-state index contributed by atoms with van der Waals surface area (Å²) in [7, 11) is -2.46. The van der Waals surface area contributed by atoms with Crippen molar-refractivity contribution in [3.05, 3.63) is 84.9 Å². The van der Waals surface area contributed by atoms with E-state index < -0.39 is 8.56 Å². The second kappa shape index (κ2) is 7.45. The van der Waals surface area contributed by atoms with Crippen LogP contribution in [0.1, 0.15) is 13.8 Å². The van der Waals surface area contributed by atoms with Crippen LogP contribution in [0.3, 0.4) is 0 Å². The molecule has 0 aliphatic heterocycles. The third kappa shape index (κ3) is 3.43. The van der Waals surface area contributed by atoms with Gasteiger partial charge < -0.3 is 8.85 Å². The van der Waals surface area contributed by atoms with Gasteiger partial charge in [-0.3, -0.25) is 0 Å². The van der Waals surface area contributed by atoms with E-state index >= 15 is 0 Å². The van der Waals surface area contributed by atoms with Crippen LogP contribution >= 0.6 is 0 Å². The summed E-state index contributed by atoms with van der Waals surface area (Å²) >= 11 is 0. The van der Waals surface area contributed by atoms with Gasteiger partial charge in [-0.05, 0) is 22.9 Å². The van der Waals surface area contributed by atoms with Gasteiger partial charge in [0.25, 0.3) is 0 Å². The zero-order valence-electron chi connectivity index (χ0n) is 15.8. The zero-order valence-corrected chi connectivity index (χ0v) is 16.8. The van der Waals surface area contributed by atoms with E-state index in [0.717, 1.165) is 34.4 Å². The Labute approximate surface area is 161 Å². The van der Waals surface area contributed by atoms with Crippen molar-refractivity contribution in [1.29, 1.82) is 0 Å². The van der Waals surface area contributed by atoms with Crippen molar-refractivity contribution in [3.63, 3.8) is 0 Å². The summed E-state index contributed by atoms with van der Waals surface area (Å²) in [5.74, 6) is 1.84. The van der Waals surface area contributed by atoms with Gasteiger partial charge in [-0.2, -0.15) is 0 Å². The Morgan fingerprint density at radius 2 is 0.963 bits per heavy atom. The third-order valence-electron chi connectivity index (χ3n) is 5.17. The Morgan fingerprint density at radius 1 is 0.556 bits per heavy atom. The Balaban J connectivity index is 1.74. The van der Waals surface area contributed by atoms with E-state index in [9.17, 15) is 0 Å². The predicted octanol–water partition coefficient (Wildman–Crippen LogP) is 6.93. The zero-order chi connectivity index (χ0) is 18.7. The van der Waals surface area contributed by atoms with Crippen molar-refractivity contribution < 1.29 is 8.85 Å². The van der Waals surface area contributed by atoms with Gasteiger partial charge in [0, 0.05) is 22.9 Å². The summed E-state index contributed by atoms with van der Waals surface area (Å²) in [5, 5.41) is 4.66. The smallest absolute Gasteiger partial charge is 0.459 e. The lowest BCUT2D eigenvalue weighted by Gasteiger charge is -2.31. The molecule has 27 heavy (non-hydrogen) atoms. The molecule has 0 spiro atoms. The molecular formula is C24H24O2Si. The van der Waals surface area contributed by atoms with Gasteiger partial charge in [0.05, 0.1) is 0 Å². The van der Waals surface area contributed by atoms with E-state index in [1.54, 1.807) is 0 Å². The molecule has 4 aromatic rings. The van der Waals surface area contributed by atoms with Gasteiger partial charge in [0.1, 0.15) is 11.5 Å². The number of hydrogen-bond donors (Lipinski definition) is 0. The summed E-state index contributed by atoms with van der Waals surface area (Å²) in [6.45, 7) is 4.35. The summed E-state index contributed by atoms with van der Waals surface area (Å²) in [4.78, 5) is 0. The first kappa shape index (κ1) is 17.6. The molecule has 0 aliphatic rings. The lowest BCUT2D eigenvalue weighted by atomic mass is 10.1.